The largest absolute Gasteiger partial charge is 0.386 e. The van der Waals surface area contributed by atoms with E-state index in [2.05, 4.69) is 12.2 Å². The predicted octanol–water partition coefficient (Wildman–Crippen LogP) is 1.75. The van der Waals surface area contributed by atoms with Crippen LogP contribution in [0.3, 0.4) is 0 Å². The minimum atomic E-state index is -1.26. The molecule has 0 fully saturated rings. The number of carbonyl (C=O) groups is 1. The molecule has 0 aromatic heterocycles. The summed E-state index contributed by atoms with van der Waals surface area (Å²) >= 11 is 10.7. The molecule has 2 atom stereocenters. The second-order valence-corrected chi connectivity index (χ2v) is 4.81. The van der Waals surface area contributed by atoms with Crippen molar-refractivity contribution in [3.05, 3.63) is 46.9 Å². The standard InChI is InChI=1S/C11H11Cl2N2O4/c1-6(14-11(17)10(12)13)9(16)7-2-4-8(5-3-7)15(18)19/h2-6,9-10,16H,1H2,(H,14,17). The summed E-state index contributed by atoms with van der Waals surface area (Å²) in [6.45, 7) is 3.56. The molecule has 103 valence electrons. The van der Waals surface area contributed by atoms with Crippen LogP contribution in [0.5, 0.6) is 0 Å². The van der Waals surface area contributed by atoms with Crippen molar-refractivity contribution in [3.8, 4) is 0 Å². The first-order valence-corrected chi connectivity index (χ1v) is 6.04. The number of aliphatic hydroxyl groups is 1. The van der Waals surface area contributed by atoms with Gasteiger partial charge in [-0.1, -0.05) is 23.2 Å². The minimum absolute atomic E-state index is 0.0952. The third-order valence-corrected chi connectivity index (χ3v) is 2.75. The van der Waals surface area contributed by atoms with E-state index in [4.69, 9.17) is 23.2 Å². The Morgan fingerprint density at radius 3 is 2.32 bits per heavy atom. The summed E-state index contributed by atoms with van der Waals surface area (Å²) in [5, 5.41) is 22.7. The van der Waals surface area contributed by atoms with Crippen molar-refractivity contribution in [3.63, 3.8) is 0 Å². The highest BCUT2D eigenvalue weighted by Gasteiger charge is 2.21. The van der Waals surface area contributed by atoms with Gasteiger partial charge in [0.1, 0.15) is 0 Å². The van der Waals surface area contributed by atoms with Crippen LogP contribution in [0, 0.1) is 17.0 Å². The van der Waals surface area contributed by atoms with E-state index in [0.717, 1.165) is 0 Å². The van der Waals surface area contributed by atoms with Gasteiger partial charge in [-0.25, -0.2) is 0 Å². The molecule has 1 rings (SSSR count). The number of hydrogen-bond acceptors (Lipinski definition) is 4. The summed E-state index contributed by atoms with van der Waals surface area (Å²) in [5.41, 5.74) is 0.286. The van der Waals surface area contributed by atoms with E-state index >= 15 is 0 Å². The molecule has 0 aliphatic rings. The second kappa shape index (κ2) is 6.70. The number of rotatable bonds is 5. The van der Waals surface area contributed by atoms with Crippen molar-refractivity contribution < 1.29 is 14.8 Å². The zero-order valence-corrected chi connectivity index (χ0v) is 11.1. The van der Waals surface area contributed by atoms with Gasteiger partial charge < -0.3 is 10.4 Å². The van der Waals surface area contributed by atoms with Gasteiger partial charge in [0.15, 0.2) is 4.84 Å². The first kappa shape index (κ1) is 15.7. The smallest absolute Gasteiger partial charge is 0.269 e. The maximum absolute atomic E-state index is 11.2. The van der Waals surface area contributed by atoms with E-state index < -0.39 is 27.8 Å². The second-order valence-electron chi connectivity index (χ2n) is 3.71. The molecule has 2 unspecified atom stereocenters. The van der Waals surface area contributed by atoms with E-state index in [1.807, 2.05) is 0 Å². The van der Waals surface area contributed by atoms with Gasteiger partial charge in [0.25, 0.3) is 11.6 Å². The summed E-state index contributed by atoms with van der Waals surface area (Å²) in [6, 6.07) is 4.38. The van der Waals surface area contributed by atoms with E-state index in [1.54, 1.807) is 0 Å². The van der Waals surface area contributed by atoms with Crippen molar-refractivity contribution in [2.24, 2.45) is 0 Å². The molecule has 0 spiro atoms. The van der Waals surface area contributed by atoms with Gasteiger partial charge >= 0.3 is 0 Å². The minimum Gasteiger partial charge on any atom is -0.386 e. The summed E-state index contributed by atoms with van der Waals surface area (Å²) in [5.74, 6) is -0.677. The topological polar surface area (TPSA) is 92.5 Å². The van der Waals surface area contributed by atoms with E-state index in [-0.39, 0.29) is 5.69 Å². The number of carbonyl (C=O) groups excluding carboxylic acids is 1. The van der Waals surface area contributed by atoms with E-state index in [0.29, 0.717) is 5.56 Å². The van der Waals surface area contributed by atoms with Crippen LogP contribution in [-0.4, -0.2) is 26.8 Å². The fraction of sp³-hybridized carbons (Fsp3) is 0.273. The maximum Gasteiger partial charge on any atom is 0.269 e. The maximum atomic E-state index is 11.2. The highest BCUT2D eigenvalue weighted by Crippen LogP contribution is 2.20. The number of nitro benzene ring substituents is 1. The molecular weight excluding hydrogens is 295 g/mol. The van der Waals surface area contributed by atoms with Crippen LogP contribution in [0.1, 0.15) is 11.7 Å². The normalized spacial score (nSPS) is 13.9. The van der Waals surface area contributed by atoms with Gasteiger partial charge in [0.2, 0.25) is 0 Å². The van der Waals surface area contributed by atoms with Crippen LogP contribution in [0.15, 0.2) is 24.3 Å². The number of nitrogens with zero attached hydrogens (tertiary/aromatic N) is 1. The number of non-ortho nitro benzene ring substituents is 1. The van der Waals surface area contributed by atoms with Gasteiger partial charge in [-0.15, -0.1) is 0 Å². The number of benzene rings is 1. The molecule has 0 saturated carbocycles. The third-order valence-electron chi connectivity index (χ3n) is 2.35. The first-order valence-electron chi connectivity index (χ1n) is 5.17. The van der Waals surface area contributed by atoms with Crippen molar-refractivity contribution in [2.75, 3.05) is 0 Å². The summed E-state index contributed by atoms with van der Waals surface area (Å²) < 4.78 is 0. The lowest BCUT2D eigenvalue weighted by Gasteiger charge is -2.20. The van der Waals surface area contributed by atoms with Crippen LogP contribution < -0.4 is 5.32 Å². The lowest BCUT2D eigenvalue weighted by atomic mass is 10.0. The molecule has 0 aliphatic carbocycles. The number of nitrogens with one attached hydrogen (secondary N) is 1. The zero-order chi connectivity index (χ0) is 14.6. The van der Waals surface area contributed by atoms with Gasteiger partial charge in [0.05, 0.1) is 17.1 Å². The molecule has 1 aromatic carbocycles. The van der Waals surface area contributed by atoms with Crippen molar-refractivity contribution >= 4 is 34.8 Å². The number of halogens is 2. The van der Waals surface area contributed by atoms with Gasteiger partial charge in [-0.05, 0) is 24.6 Å². The van der Waals surface area contributed by atoms with Gasteiger partial charge in [0, 0.05) is 12.1 Å². The Balaban J connectivity index is 2.73. The number of alkyl halides is 2. The van der Waals surface area contributed by atoms with Crippen LogP contribution in [0.2, 0.25) is 0 Å². The molecule has 2 N–H and O–H groups in total. The number of amides is 1. The summed E-state index contributed by atoms with van der Waals surface area (Å²) in [7, 11) is 0. The third kappa shape index (κ3) is 4.34. The first-order chi connectivity index (χ1) is 8.82. The Hall–Kier alpha value is -1.37. The predicted molar refractivity (Wildman–Crippen MR) is 70.8 cm³/mol. The van der Waals surface area contributed by atoms with Crippen LogP contribution >= 0.6 is 23.2 Å². The molecule has 1 amide bonds. The molecule has 1 radical (unpaired) electrons. The number of aliphatic hydroxyl groups excluding tert-OH is 1. The van der Waals surface area contributed by atoms with Gasteiger partial charge in [-0.3, -0.25) is 14.9 Å². The van der Waals surface area contributed by atoms with Crippen LogP contribution in [0.25, 0.3) is 0 Å². The molecule has 0 bridgehead atoms. The van der Waals surface area contributed by atoms with Crippen molar-refractivity contribution in [1.82, 2.24) is 5.32 Å². The Bertz CT molecular complexity index is 464. The van der Waals surface area contributed by atoms with Crippen molar-refractivity contribution in [1.29, 1.82) is 0 Å². The summed E-state index contributed by atoms with van der Waals surface area (Å²) in [6.07, 6.45) is -1.13. The fourth-order valence-electron chi connectivity index (χ4n) is 1.35. The molecule has 8 heteroatoms. The Kier molecular flexibility index (Phi) is 5.53. The summed E-state index contributed by atoms with van der Waals surface area (Å²) in [4.78, 5) is 19.9. The Morgan fingerprint density at radius 1 is 1.37 bits per heavy atom. The highest BCUT2D eigenvalue weighted by atomic mass is 35.5. The number of hydrogen-bond donors (Lipinski definition) is 2. The lowest BCUT2D eigenvalue weighted by molar-refractivity contribution is -0.384. The molecule has 19 heavy (non-hydrogen) atoms. The SMILES string of the molecule is [CH2]C(NC(=O)C(Cl)Cl)C(O)c1ccc([N+](=O)[O-])cc1. The zero-order valence-electron chi connectivity index (χ0n) is 9.62. The molecule has 0 saturated heterocycles. The molecule has 0 heterocycles. The van der Waals surface area contributed by atoms with Crippen molar-refractivity contribution in [2.45, 2.75) is 17.0 Å². The number of nitro groups is 1. The fourth-order valence-corrected chi connectivity index (χ4v) is 1.48. The Labute approximate surface area is 119 Å². The van der Waals surface area contributed by atoms with Crippen LogP contribution in [0.4, 0.5) is 5.69 Å². The van der Waals surface area contributed by atoms with E-state index in [9.17, 15) is 20.0 Å². The van der Waals surface area contributed by atoms with E-state index in [1.165, 1.54) is 24.3 Å². The molecule has 6 nitrogen and oxygen atoms in total. The Morgan fingerprint density at radius 2 is 1.89 bits per heavy atom. The molecule has 1 aromatic rings. The lowest BCUT2D eigenvalue weighted by Crippen LogP contribution is -2.39. The average molecular weight is 306 g/mol. The highest BCUT2D eigenvalue weighted by molar-refractivity contribution is 6.53. The molecule has 0 aliphatic heterocycles. The average Bonchev–Trinajstić information content (AvgIpc) is 2.37. The monoisotopic (exact) mass is 305 g/mol. The quantitative estimate of drug-likeness (QED) is 0.492. The van der Waals surface area contributed by atoms with Crippen LogP contribution in [-0.2, 0) is 4.79 Å². The van der Waals surface area contributed by atoms with Gasteiger partial charge in [-0.2, -0.15) is 0 Å². The molecular formula is C11H11Cl2N2O4.